The highest BCUT2D eigenvalue weighted by molar-refractivity contribution is 7.91. The van der Waals surface area contributed by atoms with Crippen molar-refractivity contribution in [1.82, 2.24) is 4.72 Å². The number of rotatable bonds is 3. The van der Waals surface area contributed by atoms with Crippen molar-refractivity contribution in [3.8, 4) is 0 Å². The first-order valence-corrected chi connectivity index (χ1v) is 6.53. The number of nitrogens with one attached hydrogen (secondary N) is 1. The maximum Gasteiger partial charge on any atom is 0.250 e. The number of sulfonamides is 1. The second-order valence-electron chi connectivity index (χ2n) is 2.95. The third kappa shape index (κ3) is 2.22. The second-order valence-corrected chi connectivity index (χ2v) is 6.61. The van der Waals surface area contributed by atoms with E-state index in [-0.39, 0.29) is 6.04 Å². The molecule has 1 aliphatic rings. The van der Waals surface area contributed by atoms with E-state index in [4.69, 9.17) is 11.6 Å². The van der Waals surface area contributed by atoms with Crippen LogP contribution in [0.5, 0.6) is 0 Å². The van der Waals surface area contributed by atoms with Crippen molar-refractivity contribution >= 4 is 33.0 Å². The van der Waals surface area contributed by atoms with Crippen molar-refractivity contribution in [2.75, 3.05) is 0 Å². The summed E-state index contributed by atoms with van der Waals surface area (Å²) in [6.45, 7) is 0. The molecule has 0 radical (unpaired) electrons. The maximum absolute atomic E-state index is 11.5. The lowest BCUT2D eigenvalue weighted by atomic mass is 10.7. The predicted octanol–water partition coefficient (Wildman–Crippen LogP) is 1.84. The van der Waals surface area contributed by atoms with Crippen LogP contribution in [0.25, 0.3) is 0 Å². The second kappa shape index (κ2) is 3.24. The van der Waals surface area contributed by atoms with E-state index in [1.54, 1.807) is 6.07 Å². The highest BCUT2D eigenvalue weighted by atomic mass is 35.5. The predicted molar refractivity (Wildman–Crippen MR) is 52.7 cm³/mol. The van der Waals surface area contributed by atoms with Gasteiger partial charge in [-0.15, -0.1) is 11.3 Å². The van der Waals surface area contributed by atoms with Crippen LogP contribution in [0.15, 0.2) is 16.3 Å². The third-order valence-electron chi connectivity index (χ3n) is 1.71. The van der Waals surface area contributed by atoms with Crippen molar-refractivity contribution in [2.24, 2.45) is 0 Å². The van der Waals surface area contributed by atoms with E-state index in [0.29, 0.717) is 8.55 Å². The Morgan fingerprint density at radius 1 is 1.46 bits per heavy atom. The summed E-state index contributed by atoms with van der Waals surface area (Å²) in [5.74, 6) is 0. The Hall–Kier alpha value is -0.100. The fourth-order valence-electron chi connectivity index (χ4n) is 0.921. The number of hydrogen-bond donors (Lipinski definition) is 1. The summed E-state index contributed by atoms with van der Waals surface area (Å²) in [5, 5.41) is 0. The molecule has 1 heterocycles. The zero-order valence-corrected chi connectivity index (χ0v) is 9.05. The van der Waals surface area contributed by atoms with Gasteiger partial charge in [-0.25, -0.2) is 13.1 Å². The molecule has 1 saturated carbocycles. The Morgan fingerprint density at radius 2 is 2.15 bits per heavy atom. The van der Waals surface area contributed by atoms with Crippen LogP contribution in [0, 0.1) is 0 Å². The summed E-state index contributed by atoms with van der Waals surface area (Å²) in [7, 11) is -3.29. The molecule has 0 spiro atoms. The first-order chi connectivity index (χ1) is 6.08. The van der Waals surface area contributed by atoms with Crippen molar-refractivity contribution in [1.29, 1.82) is 0 Å². The zero-order chi connectivity index (χ0) is 9.47. The molecule has 2 rings (SSSR count). The summed E-state index contributed by atoms with van der Waals surface area (Å²) in [5.41, 5.74) is 0. The lowest BCUT2D eigenvalue weighted by molar-refractivity contribution is 0.583. The Balaban J connectivity index is 2.22. The minimum atomic E-state index is -3.29. The van der Waals surface area contributed by atoms with Crippen molar-refractivity contribution in [3.05, 3.63) is 16.5 Å². The van der Waals surface area contributed by atoms with Crippen LogP contribution < -0.4 is 4.72 Å². The van der Waals surface area contributed by atoms with Crippen molar-refractivity contribution < 1.29 is 8.42 Å². The van der Waals surface area contributed by atoms with Crippen LogP contribution in [0.1, 0.15) is 12.8 Å². The molecule has 3 nitrogen and oxygen atoms in total. The molecule has 0 bridgehead atoms. The Kier molecular flexibility index (Phi) is 2.35. The Morgan fingerprint density at radius 3 is 2.62 bits per heavy atom. The van der Waals surface area contributed by atoms with Gasteiger partial charge in [0.1, 0.15) is 4.21 Å². The van der Waals surface area contributed by atoms with Crippen LogP contribution in [-0.4, -0.2) is 14.5 Å². The van der Waals surface area contributed by atoms with E-state index in [1.807, 2.05) is 0 Å². The monoisotopic (exact) mass is 237 g/mol. The van der Waals surface area contributed by atoms with Gasteiger partial charge in [-0.05, 0) is 25.0 Å². The molecular formula is C7H8ClNO2S2. The summed E-state index contributed by atoms with van der Waals surface area (Å²) in [4.78, 5) is 0. The van der Waals surface area contributed by atoms with Crippen LogP contribution in [-0.2, 0) is 10.0 Å². The minimum absolute atomic E-state index is 0.144. The normalized spacial score (nSPS) is 17.6. The Bertz CT molecular complexity index is 408. The van der Waals surface area contributed by atoms with Gasteiger partial charge in [-0.1, -0.05) is 11.6 Å². The van der Waals surface area contributed by atoms with E-state index < -0.39 is 10.0 Å². The highest BCUT2D eigenvalue weighted by Crippen LogP contribution is 2.28. The standard InChI is InChI=1S/C7H8ClNO2S2/c8-6-3-4-7(12-6)13(10,11)9-5-1-2-5/h3-5,9H,1-2H2. The van der Waals surface area contributed by atoms with Crippen LogP contribution >= 0.6 is 22.9 Å². The molecule has 1 N–H and O–H groups in total. The number of halogens is 1. The quantitative estimate of drug-likeness (QED) is 0.872. The molecule has 13 heavy (non-hydrogen) atoms. The van der Waals surface area contributed by atoms with Gasteiger partial charge in [0, 0.05) is 6.04 Å². The molecule has 0 unspecified atom stereocenters. The zero-order valence-electron chi connectivity index (χ0n) is 6.66. The van der Waals surface area contributed by atoms with Crippen molar-refractivity contribution in [3.63, 3.8) is 0 Å². The Labute approximate surface area is 85.8 Å². The molecule has 6 heteroatoms. The van der Waals surface area contributed by atoms with Crippen LogP contribution in [0.2, 0.25) is 4.34 Å². The molecule has 0 amide bonds. The van der Waals surface area contributed by atoms with E-state index in [0.717, 1.165) is 24.2 Å². The van der Waals surface area contributed by atoms with Gasteiger partial charge in [0.25, 0.3) is 0 Å². The number of hydrogen-bond acceptors (Lipinski definition) is 3. The van der Waals surface area contributed by atoms with Gasteiger partial charge >= 0.3 is 0 Å². The van der Waals surface area contributed by atoms with Crippen molar-refractivity contribution in [2.45, 2.75) is 23.1 Å². The molecule has 0 aliphatic heterocycles. The first kappa shape index (κ1) is 9.45. The molecule has 0 atom stereocenters. The van der Waals surface area contributed by atoms with Gasteiger partial charge in [0.15, 0.2) is 0 Å². The molecule has 0 saturated heterocycles. The molecular weight excluding hydrogens is 230 g/mol. The summed E-state index contributed by atoms with van der Waals surface area (Å²) in [6.07, 6.45) is 1.89. The average Bonchev–Trinajstić information content (AvgIpc) is 2.70. The molecule has 1 aromatic rings. The lowest BCUT2D eigenvalue weighted by Gasteiger charge is -2.00. The smallest absolute Gasteiger partial charge is 0.207 e. The molecule has 1 aliphatic carbocycles. The van der Waals surface area contributed by atoms with Gasteiger partial charge in [0.2, 0.25) is 10.0 Å². The van der Waals surface area contributed by atoms with E-state index >= 15 is 0 Å². The number of thiophene rings is 1. The van der Waals surface area contributed by atoms with E-state index in [1.165, 1.54) is 6.07 Å². The van der Waals surface area contributed by atoms with Gasteiger partial charge in [-0.2, -0.15) is 0 Å². The largest absolute Gasteiger partial charge is 0.250 e. The minimum Gasteiger partial charge on any atom is -0.207 e. The first-order valence-electron chi connectivity index (χ1n) is 3.85. The van der Waals surface area contributed by atoms with Crippen LogP contribution in [0.4, 0.5) is 0 Å². The molecule has 1 aromatic heterocycles. The van der Waals surface area contributed by atoms with Crippen LogP contribution in [0.3, 0.4) is 0 Å². The van der Waals surface area contributed by atoms with Gasteiger partial charge in [0.05, 0.1) is 4.34 Å². The molecule has 0 aromatic carbocycles. The van der Waals surface area contributed by atoms with Gasteiger partial charge in [-0.3, -0.25) is 0 Å². The summed E-state index contributed by atoms with van der Waals surface area (Å²) in [6, 6.07) is 3.26. The highest BCUT2D eigenvalue weighted by Gasteiger charge is 2.28. The topological polar surface area (TPSA) is 46.2 Å². The SMILES string of the molecule is O=S(=O)(NC1CC1)c1ccc(Cl)s1. The fraction of sp³-hybridized carbons (Fsp3) is 0.429. The lowest BCUT2D eigenvalue weighted by Crippen LogP contribution is -2.24. The fourth-order valence-corrected chi connectivity index (χ4v) is 3.73. The van der Waals surface area contributed by atoms with Gasteiger partial charge < -0.3 is 0 Å². The third-order valence-corrected chi connectivity index (χ3v) is 4.96. The maximum atomic E-state index is 11.5. The summed E-state index contributed by atoms with van der Waals surface area (Å²) >= 11 is 6.72. The summed E-state index contributed by atoms with van der Waals surface area (Å²) < 4.78 is 26.4. The molecule has 72 valence electrons. The average molecular weight is 238 g/mol. The van der Waals surface area contributed by atoms with E-state index in [9.17, 15) is 8.42 Å². The molecule has 1 fully saturated rings. The van der Waals surface area contributed by atoms with E-state index in [2.05, 4.69) is 4.72 Å².